The molecule has 1 saturated heterocycles. The Morgan fingerprint density at radius 2 is 2.35 bits per heavy atom. The molecule has 1 heterocycles. The third-order valence-electron chi connectivity index (χ3n) is 3.38. The lowest BCUT2D eigenvalue weighted by atomic mass is 10.0. The highest BCUT2D eigenvalue weighted by Gasteiger charge is 2.25. The zero-order valence-electron chi connectivity index (χ0n) is 9.87. The van der Waals surface area contributed by atoms with Gasteiger partial charge in [-0.1, -0.05) is 6.07 Å². The van der Waals surface area contributed by atoms with Crippen molar-refractivity contribution >= 4 is 15.9 Å². The first-order valence-electron chi connectivity index (χ1n) is 5.90. The molecule has 2 unspecified atom stereocenters. The summed E-state index contributed by atoms with van der Waals surface area (Å²) < 4.78 is 13.9. The monoisotopic (exact) mass is 301 g/mol. The number of hydrogen-bond acceptors (Lipinski definition) is 2. The summed E-state index contributed by atoms with van der Waals surface area (Å²) in [5, 5.41) is 9.52. The van der Waals surface area contributed by atoms with Crippen LogP contribution in [0, 0.1) is 11.7 Å². The van der Waals surface area contributed by atoms with Crippen molar-refractivity contribution in [3.8, 4) is 0 Å². The Morgan fingerprint density at radius 1 is 1.59 bits per heavy atom. The lowest BCUT2D eigenvalue weighted by Crippen LogP contribution is -2.24. The van der Waals surface area contributed by atoms with Crippen LogP contribution >= 0.6 is 15.9 Å². The molecule has 1 aliphatic rings. The minimum absolute atomic E-state index is 0.214. The molecule has 2 nitrogen and oxygen atoms in total. The van der Waals surface area contributed by atoms with Gasteiger partial charge in [0.25, 0.3) is 0 Å². The quantitative estimate of drug-likeness (QED) is 0.928. The maximum Gasteiger partial charge on any atom is 0.137 e. The first-order chi connectivity index (χ1) is 8.06. The Balaban J connectivity index is 1.96. The van der Waals surface area contributed by atoms with Crippen LogP contribution in [0.4, 0.5) is 4.39 Å². The van der Waals surface area contributed by atoms with Gasteiger partial charge >= 0.3 is 0 Å². The van der Waals surface area contributed by atoms with Gasteiger partial charge in [0.05, 0.1) is 10.6 Å². The van der Waals surface area contributed by atoms with Crippen molar-refractivity contribution in [1.82, 2.24) is 4.90 Å². The predicted molar refractivity (Wildman–Crippen MR) is 69.2 cm³/mol. The molecule has 2 rings (SSSR count). The van der Waals surface area contributed by atoms with E-state index in [4.69, 9.17) is 0 Å². The van der Waals surface area contributed by atoms with Crippen LogP contribution in [0.3, 0.4) is 0 Å². The van der Waals surface area contributed by atoms with Crippen LogP contribution in [-0.2, 0) is 6.54 Å². The Labute approximate surface area is 110 Å². The van der Waals surface area contributed by atoms with Crippen molar-refractivity contribution in [3.05, 3.63) is 34.1 Å². The van der Waals surface area contributed by atoms with Gasteiger partial charge in [-0.15, -0.1) is 0 Å². The molecule has 1 aromatic carbocycles. The first kappa shape index (κ1) is 13.0. The Kier molecular flexibility index (Phi) is 4.17. The minimum Gasteiger partial charge on any atom is -0.393 e. The summed E-state index contributed by atoms with van der Waals surface area (Å²) >= 11 is 3.15. The van der Waals surface area contributed by atoms with E-state index in [0.29, 0.717) is 10.4 Å². The van der Waals surface area contributed by atoms with E-state index >= 15 is 0 Å². The number of nitrogens with zero attached hydrogens (tertiary/aromatic N) is 1. The molecule has 1 N–H and O–H groups in total. The largest absolute Gasteiger partial charge is 0.393 e. The van der Waals surface area contributed by atoms with Gasteiger partial charge < -0.3 is 5.11 Å². The molecule has 1 aliphatic heterocycles. The summed E-state index contributed by atoms with van der Waals surface area (Å²) in [4.78, 5) is 2.26. The van der Waals surface area contributed by atoms with E-state index in [9.17, 15) is 9.50 Å². The average molecular weight is 302 g/mol. The van der Waals surface area contributed by atoms with Gasteiger partial charge in [0, 0.05) is 13.1 Å². The van der Waals surface area contributed by atoms with Gasteiger partial charge in [0.15, 0.2) is 0 Å². The number of likely N-dealkylation sites (tertiary alicyclic amines) is 1. The second-order valence-corrected chi connectivity index (χ2v) is 5.63. The molecule has 94 valence electrons. The third kappa shape index (κ3) is 3.27. The number of halogens is 2. The van der Waals surface area contributed by atoms with E-state index in [2.05, 4.69) is 20.8 Å². The van der Waals surface area contributed by atoms with E-state index < -0.39 is 0 Å². The van der Waals surface area contributed by atoms with Crippen molar-refractivity contribution in [2.75, 3.05) is 13.1 Å². The molecule has 1 aromatic rings. The summed E-state index contributed by atoms with van der Waals surface area (Å²) in [6, 6.07) is 5.25. The molecule has 0 bridgehead atoms. The van der Waals surface area contributed by atoms with Gasteiger partial charge in [-0.2, -0.15) is 0 Å². The zero-order valence-corrected chi connectivity index (χ0v) is 11.5. The summed E-state index contributed by atoms with van der Waals surface area (Å²) in [6.45, 7) is 4.48. The predicted octanol–water partition coefficient (Wildman–Crippen LogP) is 2.79. The van der Waals surface area contributed by atoms with E-state index in [0.717, 1.165) is 31.6 Å². The molecular formula is C13H17BrFNO. The Bertz CT molecular complexity index is 397. The molecule has 4 heteroatoms. The maximum atomic E-state index is 13.4. The maximum absolute atomic E-state index is 13.4. The molecular weight excluding hydrogens is 285 g/mol. The molecule has 0 radical (unpaired) electrons. The number of aliphatic hydroxyl groups is 1. The third-order valence-corrected chi connectivity index (χ3v) is 4.02. The van der Waals surface area contributed by atoms with Crippen LogP contribution in [0.1, 0.15) is 18.9 Å². The minimum atomic E-state index is -0.248. The molecule has 0 amide bonds. The fourth-order valence-corrected chi connectivity index (χ4v) is 2.54. The van der Waals surface area contributed by atoms with E-state index in [1.54, 1.807) is 12.1 Å². The van der Waals surface area contributed by atoms with Crippen molar-refractivity contribution in [1.29, 1.82) is 0 Å². The standard InChI is InChI=1S/C13H17BrFNO/c1-9(17)11-4-5-16(8-11)7-10-2-3-12(14)13(15)6-10/h2-3,6,9,11,17H,4-5,7-8H2,1H3. The number of hydrogen-bond donors (Lipinski definition) is 1. The van der Waals surface area contributed by atoms with Gasteiger partial charge in [-0.05, 0) is 59.4 Å². The summed E-state index contributed by atoms with van der Waals surface area (Å²) in [5.74, 6) is 0.143. The average Bonchev–Trinajstić information content (AvgIpc) is 2.72. The van der Waals surface area contributed by atoms with E-state index in [1.165, 1.54) is 0 Å². The van der Waals surface area contributed by atoms with Gasteiger partial charge in [-0.3, -0.25) is 4.90 Å². The summed E-state index contributed by atoms with van der Waals surface area (Å²) in [5.41, 5.74) is 0.983. The zero-order chi connectivity index (χ0) is 12.4. The normalized spacial score (nSPS) is 22.9. The van der Waals surface area contributed by atoms with Crippen molar-refractivity contribution in [3.63, 3.8) is 0 Å². The number of benzene rings is 1. The molecule has 17 heavy (non-hydrogen) atoms. The molecule has 0 aliphatic carbocycles. The van der Waals surface area contributed by atoms with Gasteiger partial charge in [0.2, 0.25) is 0 Å². The fourth-order valence-electron chi connectivity index (χ4n) is 2.30. The van der Waals surface area contributed by atoms with Gasteiger partial charge in [-0.25, -0.2) is 4.39 Å². The van der Waals surface area contributed by atoms with Crippen LogP contribution in [0.5, 0.6) is 0 Å². The van der Waals surface area contributed by atoms with E-state index in [1.807, 2.05) is 13.0 Å². The van der Waals surface area contributed by atoms with Crippen LogP contribution < -0.4 is 0 Å². The molecule has 0 saturated carbocycles. The smallest absolute Gasteiger partial charge is 0.137 e. The fraction of sp³-hybridized carbons (Fsp3) is 0.538. The van der Waals surface area contributed by atoms with Crippen LogP contribution in [0.25, 0.3) is 0 Å². The Morgan fingerprint density at radius 3 is 2.94 bits per heavy atom. The first-order valence-corrected chi connectivity index (χ1v) is 6.70. The molecule has 0 spiro atoms. The molecule has 2 atom stereocenters. The number of aliphatic hydroxyl groups excluding tert-OH is 1. The lowest BCUT2D eigenvalue weighted by Gasteiger charge is -2.17. The van der Waals surface area contributed by atoms with Crippen LogP contribution in [0.2, 0.25) is 0 Å². The second kappa shape index (κ2) is 5.46. The highest BCUT2D eigenvalue weighted by atomic mass is 79.9. The van der Waals surface area contributed by atoms with Crippen molar-refractivity contribution in [2.45, 2.75) is 26.0 Å². The van der Waals surface area contributed by atoms with Gasteiger partial charge in [0.1, 0.15) is 5.82 Å². The lowest BCUT2D eigenvalue weighted by molar-refractivity contribution is 0.127. The second-order valence-electron chi connectivity index (χ2n) is 4.77. The van der Waals surface area contributed by atoms with Crippen LogP contribution in [0.15, 0.2) is 22.7 Å². The topological polar surface area (TPSA) is 23.5 Å². The Hall–Kier alpha value is -0.450. The SMILES string of the molecule is CC(O)C1CCN(Cc2ccc(Br)c(F)c2)C1. The molecule has 0 aromatic heterocycles. The van der Waals surface area contributed by atoms with Crippen molar-refractivity contribution in [2.24, 2.45) is 5.92 Å². The summed E-state index contributed by atoms with van der Waals surface area (Å²) in [6.07, 6.45) is 0.776. The number of rotatable bonds is 3. The summed E-state index contributed by atoms with van der Waals surface area (Å²) in [7, 11) is 0. The molecule has 1 fully saturated rings. The van der Waals surface area contributed by atoms with Crippen LogP contribution in [-0.4, -0.2) is 29.2 Å². The van der Waals surface area contributed by atoms with Crippen molar-refractivity contribution < 1.29 is 9.50 Å². The van der Waals surface area contributed by atoms with E-state index in [-0.39, 0.29) is 11.9 Å². The highest BCUT2D eigenvalue weighted by molar-refractivity contribution is 9.10. The highest BCUT2D eigenvalue weighted by Crippen LogP contribution is 2.23.